The summed E-state index contributed by atoms with van der Waals surface area (Å²) < 4.78 is 5.41. The maximum Gasteiger partial charge on any atom is 0.337 e. The summed E-state index contributed by atoms with van der Waals surface area (Å²) in [4.78, 5) is 12.6. The van der Waals surface area contributed by atoms with Crippen LogP contribution in [-0.4, -0.2) is 40.1 Å². The zero-order valence-electron chi connectivity index (χ0n) is 12.3. The summed E-state index contributed by atoms with van der Waals surface area (Å²) >= 11 is 0. The number of aliphatic hydroxyl groups excluding tert-OH is 1. The number of ether oxygens (including phenoxy) is 1. The van der Waals surface area contributed by atoms with Crippen LogP contribution in [0.2, 0.25) is 0 Å². The summed E-state index contributed by atoms with van der Waals surface area (Å²) in [6.45, 7) is 5.87. The number of nitrogens with two attached hydrogens (primary N) is 1. The lowest BCUT2D eigenvalue weighted by Gasteiger charge is -2.30. The molecule has 0 radical (unpaired) electrons. The van der Waals surface area contributed by atoms with Gasteiger partial charge in [-0.2, -0.15) is 0 Å². The molecule has 0 fully saturated rings. The van der Waals surface area contributed by atoms with Crippen molar-refractivity contribution in [2.24, 2.45) is 0 Å². The van der Waals surface area contributed by atoms with Crippen LogP contribution >= 0.6 is 0 Å². The quantitative estimate of drug-likeness (QED) is 0.559. The van der Waals surface area contributed by atoms with Crippen LogP contribution in [0.4, 0.5) is 5.69 Å². The molecule has 1 atom stereocenters. The molecule has 0 amide bonds. The molecule has 0 bridgehead atoms. The third kappa shape index (κ3) is 4.80. The highest BCUT2D eigenvalue weighted by atomic mass is 16.6. The van der Waals surface area contributed by atoms with Crippen molar-refractivity contribution in [3.05, 3.63) is 29.3 Å². The van der Waals surface area contributed by atoms with Crippen LogP contribution in [-0.2, 0) is 11.3 Å². The Kier molecular flexibility index (Phi) is 5.10. The molecule has 0 saturated carbocycles. The second-order valence-electron chi connectivity index (χ2n) is 5.70. The van der Waals surface area contributed by atoms with E-state index in [4.69, 9.17) is 15.6 Å². The molecule has 1 aromatic carbocycles. The molecule has 0 aliphatic rings. The summed E-state index contributed by atoms with van der Waals surface area (Å²) in [6.07, 6.45) is -1.07. The van der Waals surface area contributed by atoms with E-state index < -0.39 is 18.0 Å². The molecule has 0 aromatic heterocycles. The Labute approximate surface area is 118 Å². The van der Waals surface area contributed by atoms with Crippen molar-refractivity contribution in [2.75, 3.05) is 12.8 Å². The standard InChI is InChI=1S/C14H22N2O4/c1-14(2,3)20-13(19)16(4)8-9-5-6-11(15)10(7-9)12(17)18/h5-7,13,19H,8,15H2,1-4H3,(H,17,18). The minimum Gasteiger partial charge on any atom is -0.478 e. The SMILES string of the molecule is CN(Cc1ccc(N)c(C(=O)O)c1)C(O)OC(C)(C)C. The first-order valence-corrected chi connectivity index (χ1v) is 6.28. The van der Waals surface area contributed by atoms with Gasteiger partial charge in [-0.05, 0) is 45.5 Å². The van der Waals surface area contributed by atoms with Crippen molar-refractivity contribution in [2.45, 2.75) is 39.3 Å². The first-order chi connectivity index (χ1) is 9.10. The van der Waals surface area contributed by atoms with Gasteiger partial charge in [0, 0.05) is 12.2 Å². The Morgan fingerprint density at radius 1 is 1.45 bits per heavy atom. The molecule has 1 aromatic rings. The molecule has 112 valence electrons. The highest BCUT2D eigenvalue weighted by Crippen LogP contribution is 2.17. The number of anilines is 1. The van der Waals surface area contributed by atoms with Crippen LogP contribution in [0, 0.1) is 0 Å². The van der Waals surface area contributed by atoms with Crippen LogP contribution in [0.5, 0.6) is 0 Å². The van der Waals surface area contributed by atoms with Crippen LogP contribution in [0.15, 0.2) is 18.2 Å². The van der Waals surface area contributed by atoms with Gasteiger partial charge in [-0.15, -0.1) is 0 Å². The molecule has 6 nitrogen and oxygen atoms in total. The zero-order valence-corrected chi connectivity index (χ0v) is 12.3. The predicted octanol–water partition coefficient (Wildman–Crippen LogP) is 1.49. The minimum absolute atomic E-state index is 0.0575. The minimum atomic E-state index is -1.07. The summed E-state index contributed by atoms with van der Waals surface area (Å²) in [5, 5.41) is 18.9. The van der Waals surface area contributed by atoms with Crippen LogP contribution in [0.3, 0.4) is 0 Å². The summed E-state index contributed by atoms with van der Waals surface area (Å²) in [6, 6.07) is 4.77. The molecule has 0 aliphatic carbocycles. The number of nitrogens with zero attached hydrogens (tertiary/aromatic N) is 1. The van der Waals surface area contributed by atoms with Crippen molar-refractivity contribution < 1.29 is 19.7 Å². The van der Waals surface area contributed by atoms with E-state index in [0.717, 1.165) is 5.56 Å². The van der Waals surface area contributed by atoms with E-state index in [1.807, 2.05) is 20.8 Å². The lowest BCUT2D eigenvalue weighted by Crippen LogP contribution is -2.39. The lowest BCUT2D eigenvalue weighted by molar-refractivity contribution is -0.235. The van der Waals surface area contributed by atoms with Gasteiger partial charge >= 0.3 is 5.97 Å². The van der Waals surface area contributed by atoms with E-state index in [1.54, 1.807) is 24.1 Å². The maximum atomic E-state index is 11.0. The molecule has 4 N–H and O–H groups in total. The summed E-state index contributed by atoms with van der Waals surface area (Å²) in [5.41, 5.74) is 6.13. The lowest BCUT2D eigenvalue weighted by atomic mass is 10.1. The highest BCUT2D eigenvalue weighted by molar-refractivity contribution is 5.93. The van der Waals surface area contributed by atoms with Gasteiger partial charge in [-0.3, -0.25) is 4.90 Å². The normalized spacial score (nSPS) is 13.5. The van der Waals surface area contributed by atoms with Gasteiger partial charge in [0.25, 0.3) is 0 Å². The largest absolute Gasteiger partial charge is 0.478 e. The third-order valence-corrected chi connectivity index (χ3v) is 2.62. The van der Waals surface area contributed by atoms with Gasteiger partial charge in [-0.25, -0.2) is 4.79 Å². The van der Waals surface area contributed by atoms with Crippen molar-refractivity contribution in [3.8, 4) is 0 Å². The molecule has 1 rings (SSSR count). The van der Waals surface area contributed by atoms with E-state index in [-0.39, 0.29) is 11.3 Å². The number of aliphatic hydroxyl groups is 1. The van der Waals surface area contributed by atoms with Gasteiger partial charge in [0.2, 0.25) is 6.41 Å². The van der Waals surface area contributed by atoms with Crippen LogP contribution < -0.4 is 5.73 Å². The Morgan fingerprint density at radius 2 is 2.05 bits per heavy atom. The monoisotopic (exact) mass is 282 g/mol. The number of carboxylic acids is 1. The highest BCUT2D eigenvalue weighted by Gasteiger charge is 2.20. The summed E-state index contributed by atoms with van der Waals surface area (Å²) in [7, 11) is 1.69. The molecule has 0 spiro atoms. The number of benzene rings is 1. The average molecular weight is 282 g/mol. The van der Waals surface area contributed by atoms with Gasteiger partial charge in [-0.1, -0.05) is 6.07 Å². The van der Waals surface area contributed by atoms with Crippen LogP contribution in [0.25, 0.3) is 0 Å². The number of nitrogen functional groups attached to an aromatic ring is 1. The Bertz CT molecular complexity index is 483. The average Bonchev–Trinajstić information content (AvgIpc) is 2.28. The Balaban J connectivity index is 2.78. The van der Waals surface area contributed by atoms with Crippen LogP contribution in [0.1, 0.15) is 36.7 Å². The van der Waals surface area contributed by atoms with E-state index in [2.05, 4.69) is 0 Å². The smallest absolute Gasteiger partial charge is 0.337 e. The van der Waals surface area contributed by atoms with Gasteiger partial charge < -0.3 is 20.7 Å². The zero-order chi connectivity index (χ0) is 15.5. The fourth-order valence-electron chi connectivity index (χ4n) is 1.66. The van der Waals surface area contributed by atoms with E-state index >= 15 is 0 Å². The second kappa shape index (κ2) is 6.21. The first-order valence-electron chi connectivity index (χ1n) is 6.28. The van der Waals surface area contributed by atoms with Gasteiger partial charge in [0.15, 0.2) is 0 Å². The molecule has 0 aliphatic heterocycles. The van der Waals surface area contributed by atoms with E-state index in [9.17, 15) is 9.90 Å². The molecule has 0 heterocycles. The van der Waals surface area contributed by atoms with Gasteiger partial charge in [0.05, 0.1) is 11.2 Å². The topological polar surface area (TPSA) is 96.0 Å². The molecule has 20 heavy (non-hydrogen) atoms. The third-order valence-electron chi connectivity index (χ3n) is 2.62. The molecule has 1 unspecified atom stereocenters. The predicted molar refractivity (Wildman–Crippen MR) is 76.1 cm³/mol. The van der Waals surface area contributed by atoms with Crippen molar-refractivity contribution in [1.82, 2.24) is 4.90 Å². The molecular weight excluding hydrogens is 260 g/mol. The molecule has 0 saturated heterocycles. The van der Waals surface area contributed by atoms with Crippen molar-refractivity contribution in [3.63, 3.8) is 0 Å². The number of carbonyl (C=O) groups is 1. The number of aromatic carboxylic acids is 1. The molecule has 6 heteroatoms. The number of hydrogen-bond acceptors (Lipinski definition) is 5. The van der Waals surface area contributed by atoms with Crippen molar-refractivity contribution in [1.29, 1.82) is 0 Å². The fourth-order valence-corrected chi connectivity index (χ4v) is 1.66. The first kappa shape index (κ1) is 16.4. The van der Waals surface area contributed by atoms with E-state index in [1.165, 1.54) is 6.07 Å². The van der Waals surface area contributed by atoms with E-state index in [0.29, 0.717) is 6.54 Å². The fraction of sp³-hybridized carbons (Fsp3) is 0.500. The second-order valence-corrected chi connectivity index (χ2v) is 5.70. The Hall–Kier alpha value is -1.63. The number of carboxylic acid groups (broad SMARTS) is 1. The number of rotatable bonds is 5. The summed E-state index contributed by atoms with van der Waals surface area (Å²) in [5.74, 6) is -1.07. The Morgan fingerprint density at radius 3 is 2.55 bits per heavy atom. The maximum absolute atomic E-state index is 11.0. The van der Waals surface area contributed by atoms with Crippen molar-refractivity contribution >= 4 is 11.7 Å². The number of hydrogen-bond donors (Lipinski definition) is 3. The van der Waals surface area contributed by atoms with Gasteiger partial charge in [0.1, 0.15) is 0 Å². The molecular formula is C14H22N2O4.